The van der Waals surface area contributed by atoms with E-state index in [1.54, 1.807) is 0 Å². The van der Waals surface area contributed by atoms with Gasteiger partial charge in [-0.2, -0.15) is 0 Å². The van der Waals surface area contributed by atoms with Crippen molar-refractivity contribution >= 4 is 22.4 Å². The van der Waals surface area contributed by atoms with E-state index in [4.69, 9.17) is 9.97 Å². The number of nitrogens with zero attached hydrogens (tertiary/aromatic N) is 5. The van der Waals surface area contributed by atoms with Crippen molar-refractivity contribution < 1.29 is 0 Å². The highest BCUT2D eigenvalue weighted by atomic mass is 15.2. The van der Waals surface area contributed by atoms with Crippen molar-refractivity contribution in [2.75, 3.05) is 31.1 Å². The van der Waals surface area contributed by atoms with Gasteiger partial charge in [0.15, 0.2) is 0 Å². The van der Waals surface area contributed by atoms with E-state index in [0.29, 0.717) is 0 Å². The molecule has 2 aliphatic rings. The minimum atomic E-state index is 0.764. The second kappa shape index (κ2) is 7.64. The standard InChI is InChI=1S/C28H26N6/c1-18-10-24(23-4-2-3-5-25(23)32-18)26-15-31-28-11-19(8-9-34(26)28)20-6-7-27(30-14-20)33-16-21-12-29-13-22(21)17-33/h2-11,14-15,21-22,29H,12-13,16-17H2,1H3. The molecule has 1 aromatic carbocycles. The SMILES string of the molecule is Cc1cc(-c2cnc3cc(-c4ccc(N5CC6CNCC6C5)nc4)ccn23)c2ccccc2n1. The summed E-state index contributed by atoms with van der Waals surface area (Å²) in [7, 11) is 0. The summed E-state index contributed by atoms with van der Waals surface area (Å²) in [6.45, 7) is 6.53. The number of hydrogen-bond donors (Lipinski definition) is 1. The third-order valence-corrected chi connectivity index (χ3v) is 7.43. The number of imidazole rings is 1. The third-order valence-electron chi connectivity index (χ3n) is 7.43. The van der Waals surface area contributed by atoms with Gasteiger partial charge in [-0.15, -0.1) is 0 Å². The minimum absolute atomic E-state index is 0.764. The van der Waals surface area contributed by atoms with Crippen LogP contribution in [0, 0.1) is 18.8 Å². The lowest BCUT2D eigenvalue weighted by molar-refractivity contribution is 0.533. The van der Waals surface area contributed by atoms with E-state index >= 15 is 0 Å². The van der Waals surface area contributed by atoms with Crippen molar-refractivity contribution in [1.82, 2.24) is 24.7 Å². The van der Waals surface area contributed by atoms with Gasteiger partial charge in [0.1, 0.15) is 11.5 Å². The van der Waals surface area contributed by atoms with E-state index in [1.165, 1.54) is 0 Å². The number of aromatic nitrogens is 4. The molecule has 5 aromatic rings. The van der Waals surface area contributed by atoms with Crippen LogP contribution in [0.1, 0.15) is 5.69 Å². The summed E-state index contributed by atoms with van der Waals surface area (Å²) in [5.41, 5.74) is 7.40. The molecule has 6 heteroatoms. The minimum Gasteiger partial charge on any atom is -0.356 e. The number of nitrogens with one attached hydrogen (secondary N) is 1. The lowest BCUT2D eigenvalue weighted by atomic mass is 10.0. The van der Waals surface area contributed by atoms with Crippen molar-refractivity contribution in [3.05, 3.63) is 78.9 Å². The predicted molar refractivity (Wildman–Crippen MR) is 136 cm³/mol. The van der Waals surface area contributed by atoms with Gasteiger partial charge >= 0.3 is 0 Å². The number of pyridine rings is 3. The van der Waals surface area contributed by atoms with Crippen molar-refractivity contribution in [3.8, 4) is 22.4 Å². The van der Waals surface area contributed by atoms with Crippen LogP contribution >= 0.6 is 0 Å². The largest absolute Gasteiger partial charge is 0.356 e. The molecule has 2 atom stereocenters. The van der Waals surface area contributed by atoms with E-state index in [9.17, 15) is 0 Å². The molecule has 0 bridgehead atoms. The predicted octanol–water partition coefficient (Wildman–Crippen LogP) is 4.58. The monoisotopic (exact) mass is 446 g/mol. The second-order valence-corrected chi connectivity index (χ2v) is 9.60. The molecular weight excluding hydrogens is 420 g/mol. The van der Waals surface area contributed by atoms with Gasteiger partial charge in [0.05, 0.1) is 17.4 Å². The molecule has 0 saturated carbocycles. The highest BCUT2D eigenvalue weighted by molar-refractivity contribution is 5.94. The van der Waals surface area contributed by atoms with Crippen LogP contribution in [-0.2, 0) is 0 Å². The van der Waals surface area contributed by atoms with Crippen molar-refractivity contribution in [1.29, 1.82) is 0 Å². The van der Waals surface area contributed by atoms with Crippen LogP contribution in [0.5, 0.6) is 0 Å². The molecule has 2 fully saturated rings. The summed E-state index contributed by atoms with van der Waals surface area (Å²) in [6, 6.07) is 19.1. The molecule has 1 N–H and O–H groups in total. The molecule has 2 unspecified atom stereocenters. The molecule has 2 aliphatic heterocycles. The molecule has 4 aromatic heterocycles. The topological polar surface area (TPSA) is 58.4 Å². The Kier molecular flexibility index (Phi) is 4.42. The van der Waals surface area contributed by atoms with Crippen molar-refractivity contribution in [2.24, 2.45) is 11.8 Å². The lowest BCUT2D eigenvalue weighted by Crippen LogP contribution is -2.26. The van der Waals surface area contributed by atoms with Crippen molar-refractivity contribution in [2.45, 2.75) is 6.92 Å². The number of rotatable bonds is 3. The van der Waals surface area contributed by atoms with Crippen LogP contribution in [0.4, 0.5) is 5.82 Å². The second-order valence-electron chi connectivity index (χ2n) is 9.60. The number of aryl methyl sites for hydroxylation is 1. The van der Waals surface area contributed by atoms with Crippen LogP contribution in [0.15, 0.2) is 73.2 Å². The molecule has 6 heterocycles. The Morgan fingerprint density at radius 2 is 1.74 bits per heavy atom. The Balaban J connectivity index is 1.21. The average Bonchev–Trinajstić information content (AvgIpc) is 3.58. The summed E-state index contributed by atoms with van der Waals surface area (Å²) in [5.74, 6) is 2.61. The molecule has 7 rings (SSSR count). The zero-order valence-electron chi connectivity index (χ0n) is 19.1. The average molecular weight is 447 g/mol. The maximum absolute atomic E-state index is 4.81. The maximum atomic E-state index is 4.81. The first kappa shape index (κ1) is 19.7. The molecule has 0 spiro atoms. The van der Waals surface area contributed by atoms with Crippen LogP contribution < -0.4 is 10.2 Å². The van der Waals surface area contributed by atoms with E-state index in [2.05, 4.69) is 74.3 Å². The number of fused-ring (bicyclic) bond motifs is 3. The fourth-order valence-electron chi connectivity index (χ4n) is 5.67. The van der Waals surface area contributed by atoms with Gasteiger partial charge in [-0.3, -0.25) is 9.38 Å². The molecule has 34 heavy (non-hydrogen) atoms. The summed E-state index contributed by atoms with van der Waals surface area (Å²) in [6.07, 6.45) is 6.07. The molecular formula is C28H26N6. The van der Waals surface area contributed by atoms with E-state index < -0.39 is 0 Å². The normalized spacial score (nSPS) is 19.9. The van der Waals surface area contributed by atoms with Gasteiger partial charge in [-0.25, -0.2) is 9.97 Å². The number of anilines is 1. The zero-order chi connectivity index (χ0) is 22.6. The van der Waals surface area contributed by atoms with Gasteiger partial charge in [0.25, 0.3) is 0 Å². The first-order valence-corrected chi connectivity index (χ1v) is 12.0. The molecule has 168 valence electrons. The number of para-hydroxylation sites is 1. The quantitative estimate of drug-likeness (QED) is 0.440. The van der Waals surface area contributed by atoms with E-state index in [0.717, 1.165) is 88.5 Å². The Morgan fingerprint density at radius 3 is 2.56 bits per heavy atom. The fraction of sp³-hybridized carbons (Fsp3) is 0.250. The Hall–Kier alpha value is -3.77. The smallest absolute Gasteiger partial charge is 0.137 e. The van der Waals surface area contributed by atoms with Crippen LogP contribution in [0.2, 0.25) is 0 Å². The molecule has 0 radical (unpaired) electrons. The summed E-state index contributed by atoms with van der Waals surface area (Å²) >= 11 is 0. The first-order chi connectivity index (χ1) is 16.7. The molecule has 2 saturated heterocycles. The zero-order valence-corrected chi connectivity index (χ0v) is 19.1. The van der Waals surface area contributed by atoms with Crippen LogP contribution in [-0.4, -0.2) is 45.5 Å². The molecule has 0 amide bonds. The Labute approximate surface area is 198 Å². The first-order valence-electron chi connectivity index (χ1n) is 12.0. The highest BCUT2D eigenvalue weighted by Gasteiger charge is 2.36. The lowest BCUT2D eigenvalue weighted by Gasteiger charge is -2.18. The van der Waals surface area contributed by atoms with E-state index in [1.807, 2.05) is 25.4 Å². The van der Waals surface area contributed by atoms with Crippen LogP contribution in [0.25, 0.3) is 38.9 Å². The molecule has 6 nitrogen and oxygen atoms in total. The fourth-order valence-corrected chi connectivity index (χ4v) is 5.67. The highest BCUT2D eigenvalue weighted by Crippen LogP contribution is 2.32. The summed E-state index contributed by atoms with van der Waals surface area (Å²) in [5, 5.41) is 4.65. The van der Waals surface area contributed by atoms with Crippen LogP contribution in [0.3, 0.4) is 0 Å². The van der Waals surface area contributed by atoms with Gasteiger partial charge in [-0.1, -0.05) is 18.2 Å². The van der Waals surface area contributed by atoms with Gasteiger partial charge < -0.3 is 10.2 Å². The number of hydrogen-bond acceptors (Lipinski definition) is 5. The number of benzene rings is 1. The maximum Gasteiger partial charge on any atom is 0.137 e. The summed E-state index contributed by atoms with van der Waals surface area (Å²) in [4.78, 5) is 16.7. The Bertz CT molecular complexity index is 1510. The van der Waals surface area contributed by atoms with Crippen molar-refractivity contribution in [3.63, 3.8) is 0 Å². The van der Waals surface area contributed by atoms with Gasteiger partial charge in [0, 0.05) is 60.8 Å². The summed E-state index contributed by atoms with van der Waals surface area (Å²) < 4.78 is 2.16. The van der Waals surface area contributed by atoms with Gasteiger partial charge in [0.2, 0.25) is 0 Å². The van der Waals surface area contributed by atoms with E-state index in [-0.39, 0.29) is 0 Å². The third kappa shape index (κ3) is 3.17. The van der Waals surface area contributed by atoms with Gasteiger partial charge in [-0.05, 0) is 60.7 Å². The molecule has 0 aliphatic carbocycles. The Morgan fingerprint density at radius 1 is 0.882 bits per heavy atom.